The number of H-pyrrole nitrogens is 1. The van der Waals surface area contributed by atoms with Crippen LogP contribution in [-0.4, -0.2) is 44.6 Å². The van der Waals surface area contributed by atoms with Gasteiger partial charge in [0.1, 0.15) is 0 Å². The van der Waals surface area contributed by atoms with Crippen molar-refractivity contribution in [1.82, 2.24) is 15.3 Å². The monoisotopic (exact) mass is 347 g/mol. The van der Waals surface area contributed by atoms with Gasteiger partial charge in [-0.2, -0.15) is 0 Å². The van der Waals surface area contributed by atoms with E-state index >= 15 is 0 Å². The van der Waals surface area contributed by atoms with E-state index < -0.39 is 29.5 Å². The maximum Gasteiger partial charge on any atom is 0.344 e. The minimum absolute atomic E-state index is 0.284. The summed E-state index contributed by atoms with van der Waals surface area (Å²) in [6.45, 7) is 4.62. The quantitative estimate of drug-likeness (QED) is 0.514. The Morgan fingerprint density at radius 3 is 2.76 bits per heavy atom. The number of fused-ring (bicyclic) bond motifs is 1. The van der Waals surface area contributed by atoms with E-state index in [9.17, 15) is 19.5 Å². The molecule has 25 heavy (non-hydrogen) atoms. The molecule has 2 rings (SSSR count). The van der Waals surface area contributed by atoms with Gasteiger partial charge in [0.2, 0.25) is 11.4 Å². The third kappa shape index (κ3) is 3.78. The van der Waals surface area contributed by atoms with Crippen molar-refractivity contribution in [3.8, 4) is 0 Å². The van der Waals surface area contributed by atoms with Crippen LogP contribution in [0.3, 0.4) is 0 Å². The van der Waals surface area contributed by atoms with E-state index in [4.69, 9.17) is 4.74 Å². The molecule has 2 unspecified atom stereocenters. The Kier molecular flexibility index (Phi) is 5.41. The molecule has 0 fully saturated rings. The molecule has 2 atom stereocenters. The van der Waals surface area contributed by atoms with Crippen molar-refractivity contribution in [2.24, 2.45) is 0 Å². The fraction of sp³-hybridized carbons (Fsp3) is 0.412. The molecule has 2 heterocycles. The van der Waals surface area contributed by atoms with Gasteiger partial charge >= 0.3 is 11.9 Å². The molecule has 0 bridgehead atoms. The molecule has 3 N–H and O–H groups in total. The number of hydrogen-bond acceptors (Lipinski definition) is 5. The number of esters is 1. The first-order valence-corrected chi connectivity index (χ1v) is 7.94. The lowest BCUT2D eigenvalue weighted by molar-refractivity contribution is -0.168. The molecule has 0 aliphatic rings. The van der Waals surface area contributed by atoms with Crippen molar-refractivity contribution >= 4 is 28.9 Å². The van der Waals surface area contributed by atoms with E-state index in [-0.39, 0.29) is 6.42 Å². The summed E-state index contributed by atoms with van der Waals surface area (Å²) in [4.78, 5) is 43.4. The summed E-state index contributed by atoms with van der Waals surface area (Å²) in [5, 5.41) is 12.0. The van der Waals surface area contributed by atoms with Crippen molar-refractivity contribution in [2.45, 2.75) is 45.3 Å². The molecule has 1 amide bonds. The van der Waals surface area contributed by atoms with Crippen molar-refractivity contribution in [3.63, 3.8) is 0 Å². The molecule has 0 saturated carbocycles. The highest BCUT2D eigenvalue weighted by atomic mass is 16.5. The van der Waals surface area contributed by atoms with Gasteiger partial charge in [-0.25, -0.2) is 9.59 Å². The fourth-order valence-corrected chi connectivity index (χ4v) is 2.48. The SMILES string of the molecule is CCC(C)OC(=O)C(Cc1c[nH]c2cccnc12)(NC(C)=O)C(=O)O. The van der Waals surface area contributed by atoms with Gasteiger partial charge in [-0.3, -0.25) is 9.78 Å². The average Bonchev–Trinajstić information content (AvgIpc) is 2.96. The van der Waals surface area contributed by atoms with Crippen LogP contribution >= 0.6 is 0 Å². The lowest BCUT2D eigenvalue weighted by atomic mass is 9.91. The topological polar surface area (TPSA) is 121 Å². The normalized spacial score (nSPS) is 14.5. The molecule has 0 aliphatic carbocycles. The first-order valence-electron chi connectivity index (χ1n) is 7.94. The molecule has 2 aromatic rings. The Labute approximate surface area is 144 Å². The smallest absolute Gasteiger partial charge is 0.344 e. The van der Waals surface area contributed by atoms with Gasteiger partial charge in [0, 0.05) is 25.7 Å². The van der Waals surface area contributed by atoms with Crippen LogP contribution in [0.2, 0.25) is 0 Å². The summed E-state index contributed by atoms with van der Waals surface area (Å²) in [7, 11) is 0. The first kappa shape index (κ1) is 18.4. The molecule has 0 aromatic carbocycles. The minimum Gasteiger partial charge on any atom is -0.479 e. The summed E-state index contributed by atoms with van der Waals surface area (Å²) in [5.41, 5.74) is -0.486. The number of rotatable bonds is 7. The average molecular weight is 347 g/mol. The zero-order chi connectivity index (χ0) is 18.6. The lowest BCUT2D eigenvalue weighted by Gasteiger charge is -2.29. The van der Waals surface area contributed by atoms with Crippen LogP contribution in [0.1, 0.15) is 32.8 Å². The summed E-state index contributed by atoms with van der Waals surface area (Å²) in [6, 6.07) is 3.52. The number of amides is 1. The highest BCUT2D eigenvalue weighted by Crippen LogP contribution is 2.23. The number of pyridine rings is 1. The second-order valence-electron chi connectivity index (χ2n) is 5.91. The Balaban J connectivity index is 2.47. The first-order chi connectivity index (χ1) is 11.8. The number of aromatic nitrogens is 2. The van der Waals surface area contributed by atoms with E-state index in [0.29, 0.717) is 23.0 Å². The standard InChI is InChI=1S/C17H21N3O5/c1-4-10(2)25-16(24)17(15(22)23,20-11(3)21)8-12-9-19-13-6-5-7-18-14(12)13/h5-7,9-10,19H,4,8H2,1-3H3,(H,20,21)(H,22,23). The van der Waals surface area contributed by atoms with Gasteiger partial charge in [0.25, 0.3) is 0 Å². The third-order valence-corrected chi connectivity index (χ3v) is 3.96. The summed E-state index contributed by atoms with van der Waals surface area (Å²) >= 11 is 0. The van der Waals surface area contributed by atoms with E-state index in [2.05, 4.69) is 15.3 Å². The van der Waals surface area contributed by atoms with Gasteiger partial charge in [-0.05, 0) is 31.0 Å². The van der Waals surface area contributed by atoms with Crippen LogP contribution in [0.15, 0.2) is 24.5 Å². The third-order valence-electron chi connectivity index (χ3n) is 3.96. The van der Waals surface area contributed by atoms with E-state index in [1.54, 1.807) is 31.5 Å². The predicted molar refractivity (Wildman–Crippen MR) is 89.8 cm³/mol. The van der Waals surface area contributed by atoms with Crippen LogP contribution in [0.4, 0.5) is 0 Å². The number of ether oxygens (including phenoxy) is 1. The largest absolute Gasteiger partial charge is 0.479 e. The summed E-state index contributed by atoms with van der Waals surface area (Å²) in [5.74, 6) is -3.13. The van der Waals surface area contributed by atoms with Crippen molar-refractivity contribution < 1.29 is 24.2 Å². The number of nitrogens with one attached hydrogen (secondary N) is 2. The minimum atomic E-state index is -2.22. The Morgan fingerprint density at radius 1 is 1.44 bits per heavy atom. The Hall–Kier alpha value is -2.90. The molecule has 2 aromatic heterocycles. The van der Waals surface area contributed by atoms with Crippen molar-refractivity contribution in [2.75, 3.05) is 0 Å². The van der Waals surface area contributed by atoms with Gasteiger partial charge < -0.3 is 20.1 Å². The molecular weight excluding hydrogens is 326 g/mol. The number of hydrogen-bond donors (Lipinski definition) is 3. The maximum atomic E-state index is 12.6. The summed E-state index contributed by atoms with van der Waals surface area (Å²) in [6.07, 6.45) is 2.91. The molecule has 134 valence electrons. The number of nitrogens with zero attached hydrogens (tertiary/aromatic N) is 1. The van der Waals surface area contributed by atoms with Gasteiger partial charge in [-0.1, -0.05) is 6.92 Å². The predicted octanol–water partition coefficient (Wildman–Crippen LogP) is 1.41. The second-order valence-corrected chi connectivity index (χ2v) is 5.91. The van der Waals surface area contributed by atoms with Crippen molar-refractivity contribution in [3.05, 3.63) is 30.1 Å². The highest BCUT2D eigenvalue weighted by molar-refractivity contribution is 6.07. The zero-order valence-corrected chi connectivity index (χ0v) is 14.3. The van der Waals surface area contributed by atoms with Crippen LogP contribution < -0.4 is 5.32 Å². The maximum absolute atomic E-state index is 12.6. The number of carbonyl (C=O) groups is 3. The molecule has 0 radical (unpaired) electrons. The fourth-order valence-electron chi connectivity index (χ4n) is 2.48. The lowest BCUT2D eigenvalue weighted by Crippen LogP contribution is -2.62. The van der Waals surface area contributed by atoms with Crippen LogP contribution in [0.5, 0.6) is 0 Å². The number of carboxylic acids is 1. The van der Waals surface area contributed by atoms with Gasteiger partial charge in [-0.15, -0.1) is 0 Å². The zero-order valence-electron chi connectivity index (χ0n) is 14.3. The molecule has 8 heteroatoms. The molecule has 8 nitrogen and oxygen atoms in total. The number of aromatic amines is 1. The van der Waals surface area contributed by atoms with Crippen LogP contribution in [0, 0.1) is 0 Å². The number of aliphatic carboxylic acids is 1. The number of carbonyl (C=O) groups excluding carboxylic acids is 2. The highest BCUT2D eigenvalue weighted by Gasteiger charge is 2.50. The molecule has 0 spiro atoms. The van der Waals surface area contributed by atoms with Gasteiger partial charge in [0.05, 0.1) is 17.1 Å². The second kappa shape index (κ2) is 7.33. The van der Waals surface area contributed by atoms with Crippen molar-refractivity contribution in [1.29, 1.82) is 0 Å². The molecular formula is C17H21N3O5. The Bertz CT molecular complexity index is 800. The van der Waals surface area contributed by atoms with Gasteiger partial charge in [0.15, 0.2) is 0 Å². The van der Waals surface area contributed by atoms with E-state index in [1.807, 2.05) is 6.92 Å². The number of carboxylic acid groups (broad SMARTS) is 1. The van der Waals surface area contributed by atoms with Crippen LogP contribution in [0.25, 0.3) is 11.0 Å². The van der Waals surface area contributed by atoms with E-state index in [1.165, 1.54) is 0 Å². The molecule has 0 aliphatic heterocycles. The van der Waals surface area contributed by atoms with E-state index in [0.717, 1.165) is 6.92 Å². The van der Waals surface area contributed by atoms with Crippen LogP contribution in [-0.2, 0) is 25.5 Å². The molecule has 0 saturated heterocycles. The summed E-state index contributed by atoms with van der Waals surface area (Å²) < 4.78 is 5.22. The Morgan fingerprint density at radius 2 is 2.16 bits per heavy atom.